The van der Waals surface area contributed by atoms with Gasteiger partial charge in [-0.05, 0) is 74.2 Å². The van der Waals surface area contributed by atoms with Crippen molar-refractivity contribution in [3.63, 3.8) is 0 Å². The van der Waals surface area contributed by atoms with Crippen molar-refractivity contribution in [1.82, 2.24) is 4.57 Å². The topological polar surface area (TPSA) is 77.7 Å². The zero-order valence-electron chi connectivity index (χ0n) is 23.8. The first-order valence-electron chi connectivity index (χ1n) is 13.5. The van der Waals surface area contributed by atoms with E-state index in [2.05, 4.69) is 16.6 Å². The maximum Gasteiger partial charge on any atom is 0.331 e. The number of aryl methyl sites for hydroxylation is 2. The zero-order valence-corrected chi connectivity index (χ0v) is 25.5. The Hall–Kier alpha value is -4.14. The van der Waals surface area contributed by atoms with Crippen LogP contribution in [-0.2, 0) is 16.2 Å². The van der Waals surface area contributed by atoms with E-state index in [1.807, 2.05) is 92.0 Å². The number of hydrogen-bond acceptors (Lipinski definition) is 7. The van der Waals surface area contributed by atoms with Crippen LogP contribution in [0, 0.1) is 6.92 Å². The maximum absolute atomic E-state index is 13.8. The molecule has 0 saturated heterocycles. The van der Waals surface area contributed by atoms with E-state index in [1.165, 1.54) is 18.7 Å². The smallest absolute Gasteiger partial charge is 0.331 e. The molecule has 0 radical (unpaired) electrons. The van der Waals surface area contributed by atoms with Crippen molar-refractivity contribution in [3.05, 3.63) is 107 Å². The van der Waals surface area contributed by atoms with E-state index in [4.69, 9.17) is 4.84 Å². The predicted octanol–water partition coefficient (Wildman–Crippen LogP) is 7.97. The van der Waals surface area contributed by atoms with Gasteiger partial charge in [-0.3, -0.25) is 9.59 Å². The fraction of sp³-hybridized carbons (Fsp3) is 0.176. The van der Waals surface area contributed by atoms with Gasteiger partial charge in [0.15, 0.2) is 5.78 Å². The summed E-state index contributed by atoms with van der Waals surface area (Å²) in [5, 5.41) is 5.71. The monoisotopic (exact) mass is 594 g/mol. The van der Waals surface area contributed by atoms with Crippen LogP contribution in [0.5, 0.6) is 0 Å². The van der Waals surface area contributed by atoms with Crippen LogP contribution in [0.25, 0.3) is 21.8 Å². The molecule has 0 saturated carbocycles. The molecule has 8 heteroatoms. The van der Waals surface area contributed by atoms with Crippen LogP contribution < -0.4 is 0 Å². The van der Waals surface area contributed by atoms with E-state index in [9.17, 15) is 14.4 Å². The van der Waals surface area contributed by atoms with Crippen LogP contribution in [0.2, 0.25) is 0 Å². The Bertz CT molecular complexity index is 1870. The van der Waals surface area contributed by atoms with Crippen LogP contribution in [0.15, 0.2) is 99.9 Å². The number of ketones is 2. The molecule has 0 N–H and O–H groups in total. The first-order valence-corrected chi connectivity index (χ1v) is 15.7. The van der Waals surface area contributed by atoms with Crippen molar-refractivity contribution >= 4 is 68.6 Å². The largest absolute Gasteiger partial charge is 0.341 e. The fourth-order valence-electron chi connectivity index (χ4n) is 5.01. The number of fused-ring (bicyclic) bond motifs is 3. The summed E-state index contributed by atoms with van der Waals surface area (Å²) in [6.45, 7) is 5.98. The van der Waals surface area contributed by atoms with Crippen molar-refractivity contribution in [2.75, 3.05) is 12.0 Å². The number of hydrogen-bond donors (Lipinski definition) is 0. The van der Waals surface area contributed by atoms with Gasteiger partial charge in [0.05, 0.1) is 0 Å². The molecule has 0 bridgehead atoms. The highest BCUT2D eigenvalue weighted by Crippen LogP contribution is 2.33. The number of oxime groups is 1. The average Bonchev–Trinajstić information content (AvgIpc) is 3.32. The molecule has 0 aliphatic rings. The summed E-state index contributed by atoms with van der Waals surface area (Å²) in [7, 11) is 0. The third-order valence-corrected chi connectivity index (χ3v) is 9.08. The Balaban J connectivity index is 1.55. The molecule has 0 unspecified atom stereocenters. The zero-order chi connectivity index (χ0) is 29.8. The van der Waals surface area contributed by atoms with Crippen LogP contribution in [-0.4, -0.2) is 39.8 Å². The van der Waals surface area contributed by atoms with Gasteiger partial charge in [-0.25, -0.2) is 4.79 Å². The number of carbonyl (C=O) groups is 3. The Labute approximate surface area is 253 Å². The SMILES string of the molecule is CCn1c2ccc(C(=O)/C(CSc3ccccc3SC)=N/OC(C)=O)cc2c2cc(C(=O)c3ccccc3C)ccc21. The van der Waals surface area contributed by atoms with Gasteiger partial charge >= 0.3 is 5.97 Å². The van der Waals surface area contributed by atoms with Crippen molar-refractivity contribution in [2.24, 2.45) is 5.16 Å². The summed E-state index contributed by atoms with van der Waals surface area (Å²) >= 11 is 3.09. The molecule has 42 heavy (non-hydrogen) atoms. The van der Waals surface area contributed by atoms with Crippen LogP contribution >= 0.6 is 23.5 Å². The van der Waals surface area contributed by atoms with Gasteiger partial charge in [0.2, 0.25) is 5.78 Å². The van der Waals surface area contributed by atoms with E-state index in [-0.39, 0.29) is 23.0 Å². The molecule has 0 aliphatic heterocycles. The number of carbonyl (C=O) groups excluding carboxylic acids is 3. The van der Waals surface area contributed by atoms with Crippen LogP contribution in [0.1, 0.15) is 45.7 Å². The second-order valence-electron chi connectivity index (χ2n) is 9.74. The summed E-state index contributed by atoms with van der Waals surface area (Å²) in [6.07, 6.45) is 2.00. The molecule has 1 heterocycles. The first-order chi connectivity index (χ1) is 20.3. The minimum Gasteiger partial charge on any atom is -0.341 e. The lowest BCUT2D eigenvalue weighted by Crippen LogP contribution is -2.18. The number of nitrogens with zero attached hydrogens (tertiary/aromatic N) is 2. The quantitative estimate of drug-likeness (QED) is 0.0537. The maximum atomic E-state index is 13.8. The Morgan fingerprint density at radius 1 is 0.833 bits per heavy atom. The standard InChI is InChI=1S/C34H30N2O4S2/c1-5-36-29-16-14-23(33(38)25-11-7-6-10-21(25)2)18-26(29)27-19-24(15-17-30(27)36)34(39)28(35-40-22(3)37)20-42-32-13-9-8-12-31(32)41-4/h6-19H,5,20H2,1-4H3/b35-28+. The average molecular weight is 595 g/mol. The molecule has 0 atom stereocenters. The molecule has 0 spiro atoms. The molecule has 4 aromatic carbocycles. The first kappa shape index (κ1) is 29.4. The van der Waals surface area contributed by atoms with E-state index in [0.717, 1.165) is 43.7 Å². The molecule has 1 aromatic heterocycles. The van der Waals surface area contributed by atoms with Gasteiger partial charge in [-0.2, -0.15) is 0 Å². The van der Waals surface area contributed by atoms with Crippen LogP contribution in [0.4, 0.5) is 0 Å². The van der Waals surface area contributed by atoms with Crippen molar-refractivity contribution in [1.29, 1.82) is 0 Å². The molecular formula is C34H30N2O4S2. The van der Waals surface area contributed by atoms with Gasteiger partial charge < -0.3 is 9.40 Å². The minimum atomic E-state index is -0.595. The third-order valence-electron chi connectivity index (χ3n) is 7.08. The van der Waals surface area contributed by atoms with Gasteiger partial charge in [-0.1, -0.05) is 41.6 Å². The number of thioether (sulfide) groups is 2. The Morgan fingerprint density at radius 3 is 2.10 bits per heavy atom. The summed E-state index contributed by atoms with van der Waals surface area (Å²) in [5.74, 6) is -0.731. The second kappa shape index (κ2) is 12.8. The van der Waals surface area contributed by atoms with Crippen LogP contribution in [0.3, 0.4) is 0 Å². The van der Waals surface area contributed by atoms with E-state index < -0.39 is 5.97 Å². The van der Waals surface area contributed by atoms with E-state index >= 15 is 0 Å². The van der Waals surface area contributed by atoms with Gasteiger partial charge in [-0.15, -0.1) is 23.5 Å². The summed E-state index contributed by atoms with van der Waals surface area (Å²) in [6, 6.07) is 26.8. The van der Waals surface area contributed by atoms with Gasteiger partial charge in [0, 0.05) is 67.5 Å². The number of rotatable bonds is 10. The number of benzene rings is 4. The third kappa shape index (κ3) is 5.91. The lowest BCUT2D eigenvalue weighted by Gasteiger charge is -2.09. The van der Waals surface area contributed by atoms with Crippen molar-refractivity contribution < 1.29 is 19.2 Å². The Morgan fingerprint density at radius 2 is 1.45 bits per heavy atom. The molecule has 6 nitrogen and oxygen atoms in total. The molecule has 0 fully saturated rings. The molecular weight excluding hydrogens is 565 g/mol. The highest BCUT2D eigenvalue weighted by atomic mass is 32.2. The lowest BCUT2D eigenvalue weighted by molar-refractivity contribution is -0.140. The van der Waals surface area contributed by atoms with E-state index in [0.29, 0.717) is 16.7 Å². The van der Waals surface area contributed by atoms with Crippen molar-refractivity contribution in [3.8, 4) is 0 Å². The number of aromatic nitrogens is 1. The highest BCUT2D eigenvalue weighted by Gasteiger charge is 2.20. The molecule has 5 rings (SSSR count). The van der Waals surface area contributed by atoms with Gasteiger partial charge in [0.25, 0.3) is 0 Å². The Kier molecular flexibility index (Phi) is 8.94. The minimum absolute atomic E-state index is 0.0435. The lowest BCUT2D eigenvalue weighted by atomic mass is 9.97. The van der Waals surface area contributed by atoms with E-state index in [1.54, 1.807) is 17.8 Å². The summed E-state index contributed by atoms with van der Waals surface area (Å²) in [4.78, 5) is 45.8. The summed E-state index contributed by atoms with van der Waals surface area (Å²) in [5.41, 5.74) is 4.69. The molecule has 5 aromatic rings. The predicted molar refractivity (Wildman–Crippen MR) is 172 cm³/mol. The number of Topliss-reactive ketones (excluding diaryl/α,β-unsaturated/α-hetero) is 1. The molecule has 212 valence electrons. The normalized spacial score (nSPS) is 11.7. The second-order valence-corrected chi connectivity index (χ2v) is 11.6. The van der Waals surface area contributed by atoms with Crippen molar-refractivity contribution in [2.45, 2.75) is 37.1 Å². The molecule has 0 amide bonds. The fourth-order valence-corrected chi connectivity index (χ4v) is 6.79. The van der Waals surface area contributed by atoms with Gasteiger partial charge in [0.1, 0.15) is 5.71 Å². The molecule has 0 aliphatic carbocycles. The highest BCUT2D eigenvalue weighted by molar-refractivity contribution is 8.02. The summed E-state index contributed by atoms with van der Waals surface area (Å²) < 4.78 is 2.17.